The van der Waals surface area contributed by atoms with Crippen molar-refractivity contribution < 1.29 is 5.11 Å². The van der Waals surface area contributed by atoms with Gasteiger partial charge in [-0.05, 0) is 39.3 Å². The average molecular weight is 262 g/mol. The lowest BCUT2D eigenvalue weighted by molar-refractivity contribution is 0.457. The van der Waals surface area contributed by atoms with Crippen LogP contribution in [0.1, 0.15) is 51.1 Å². The van der Waals surface area contributed by atoms with Gasteiger partial charge in [-0.3, -0.25) is 0 Å². The second-order valence-corrected chi connectivity index (χ2v) is 5.53. The van der Waals surface area contributed by atoms with Gasteiger partial charge in [-0.1, -0.05) is 19.4 Å². The standard InChI is InChI=1S/C16H26N2O/c1-4-5-10-18(13-6-7-13)14-8-9-15(12(2)17-3)16(19)11-14/h8-9,11-13,17,19H,4-7,10H2,1-3H3. The Bertz CT molecular complexity index is 415. The van der Waals surface area contributed by atoms with Crippen LogP contribution in [-0.2, 0) is 0 Å². The van der Waals surface area contributed by atoms with Crippen molar-refractivity contribution in [3.8, 4) is 5.75 Å². The predicted octanol–water partition coefficient (Wildman–Crippen LogP) is 3.44. The maximum Gasteiger partial charge on any atom is 0.122 e. The molecule has 19 heavy (non-hydrogen) atoms. The minimum atomic E-state index is 0.180. The van der Waals surface area contributed by atoms with Crippen molar-refractivity contribution in [3.05, 3.63) is 23.8 Å². The summed E-state index contributed by atoms with van der Waals surface area (Å²) in [4.78, 5) is 2.46. The van der Waals surface area contributed by atoms with Crippen molar-refractivity contribution in [2.24, 2.45) is 0 Å². The zero-order valence-electron chi connectivity index (χ0n) is 12.3. The molecule has 1 atom stereocenters. The maximum absolute atomic E-state index is 10.2. The Morgan fingerprint density at radius 3 is 2.68 bits per heavy atom. The van der Waals surface area contributed by atoms with E-state index >= 15 is 0 Å². The average Bonchev–Trinajstić information content (AvgIpc) is 3.23. The Morgan fingerprint density at radius 1 is 1.42 bits per heavy atom. The van der Waals surface area contributed by atoms with Crippen molar-refractivity contribution >= 4 is 5.69 Å². The molecular weight excluding hydrogens is 236 g/mol. The number of hydrogen-bond donors (Lipinski definition) is 2. The number of nitrogens with one attached hydrogen (secondary N) is 1. The van der Waals surface area contributed by atoms with E-state index in [4.69, 9.17) is 0 Å². The van der Waals surface area contributed by atoms with Gasteiger partial charge in [0.25, 0.3) is 0 Å². The van der Waals surface area contributed by atoms with Gasteiger partial charge in [-0.2, -0.15) is 0 Å². The molecule has 1 aliphatic rings. The van der Waals surface area contributed by atoms with E-state index < -0.39 is 0 Å². The number of benzene rings is 1. The number of unbranched alkanes of at least 4 members (excludes halogenated alkanes) is 1. The number of aromatic hydroxyl groups is 1. The second-order valence-electron chi connectivity index (χ2n) is 5.53. The van der Waals surface area contributed by atoms with E-state index in [0.717, 1.165) is 12.1 Å². The van der Waals surface area contributed by atoms with E-state index in [1.165, 1.54) is 31.4 Å². The van der Waals surface area contributed by atoms with E-state index in [1.54, 1.807) is 0 Å². The first-order valence-corrected chi connectivity index (χ1v) is 7.44. The van der Waals surface area contributed by atoms with E-state index in [0.29, 0.717) is 11.8 Å². The SMILES string of the molecule is CCCCN(c1ccc(C(C)NC)c(O)c1)C1CC1. The summed E-state index contributed by atoms with van der Waals surface area (Å²) in [5, 5.41) is 13.4. The van der Waals surface area contributed by atoms with Crippen LogP contribution in [0.5, 0.6) is 5.75 Å². The van der Waals surface area contributed by atoms with Crippen molar-refractivity contribution in [1.82, 2.24) is 5.32 Å². The fourth-order valence-corrected chi connectivity index (χ4v) is 2.47. The highest BCUT2D eigenvalue weighted by Gasteiger charge is 2.29. The van der Waals surface area contributed by atoms with Gasteiger partial charge in [-0.25, -0.2) is 0 Å². The minimum Gasteiger partial charge on any atom is -0.508 e. The van der Waals surface area contributed by atoms with Crippen LogP contribution in [0.15, 0.2) is 18.2 Å². The van der Waals surface area contributed by atoms with E-state index in [-0.39, 0.29) is 6.04 Å². The Kier molecular flexibility index (Phi) is 4.70. The molecule has 1 fully saturated rings. The largest absolute Gasteiger partial charge is 0.508 e. The molecule has 3 heteroatoms. The molecule has 1 aromatic carbocycles. The molecule has 1 unspecified atom stereocenters. The van der Waals surface area contributed by atoms with Crippen LogP contribution in [0.2, 0.25) is 0 Å². The Morgan fingerprint density at radius 2 is 2.16 bits per heavy atom. The highest BCUT2D eigenvalue weighted by atomic mass is 16.3. The van der Waals surface area contributed by atoms with Crippen LogP contribution in [0.4, 0.5) is 5.69 Å². The maximum atomic E-state index is 10.2. The molecule has 1 saturated carbocycles. The molecule has 106 valence electrons. The topological polar surface area (TPSA) is 35.5 Å². The van der Waals surface area contributed by atoms with Crippen LogP contribution >= 0.6 is 0 Å². The van der Waals surface area contributed by atoms with E-state index in [1.807, 2.05) is 19.2 Å². The molecule has 3 nitrogen and oxygen atoms in total. The number of hydrogen-bond acceptors (Lipinski definition) is 3. The lowest BCUT2D eigenvalue weighted by Crippen LogP contribution is -2.26. The molecule has 0 aromatic heterocycles. The van der Waals surface area contributed by atoms with Crippen molar-refractivity contribution in [3.63, 3.8) is 0 Å². The third-order valence-corrected chi connectivity index (χ3v) is 3.99. The fourth-order valence-electron chi connectivity index (χ4n) is 2.47. The monoisotopic (exact) mass is 262 g/mol. The molecule has 0 aliphatic heterocycles. The van der Waals surface area contributed by atoms with Gasteiger partial charge < -0.3 is 15.3 Å². The first-order chi connectivity index (χ1) is 9.17. The normalized spacial score (nSPS) is 16.4. The zero-order valence-corrected chi connectivity index (χ0v) is 12.3. The zero-order chi connectivity index (χ0) is 13.8. The molecule has 0 heterocycles. The van der Waals surface area contributed by atoms with Gasteiger partial charge in [0, 0.05) is 35.9 Å². The lowest BCUT2D eigenvalue weighted by Gasteiger charge is -2.25. The lowest BCUT2D eigenvalue weighted by atomic mass is 10.1. The smallest absolute Gasteiger partial charge is 0.122 e. The number of nitrogens with zero attached hydrogens (tertiary/aromatic N) is 1. The van der Waals surface area contributed by atoms with Gasteiger partial charge >= 0.3 is 0 Å². The van der Waals surface area contributed by atoms with Gasteiger partial charge in [0.15, 0.2) is 0 Å². The first-order valence-electron chi connectivity index (χ1n) is 7.44. The summed E-state index contributed by atoms with van der Waals surface area (Å²) in [6.07, 6.45) is 5.01. The van der Waals surface area contributed by atoms with Crippen molar-refractivity contribution in [2.45, 2.75) is 51.6 Å². The van der Waals surface area contributed by atoms with Crippen LogP contribution in [0.3, 0.4) is 0 Å². The summed E-state index contributed by atoms with van der Waals surface area (Å²) in [6, 6.07) is 7.00. The molecule has 2 rings (SSSR count). The minimum absolute atomic E-state index is 0.180. The van der Waals surface area contributed by atoms with Crippen LogP contribution in [-0.4, -0.2) is 24.7 Å². The third-order valence-electron chi connectivity index (χ3n) is 3.99. The number of phenolic OH excluding ortho intramolecular Hbond substituents is 1. The van der Waals surface area contributed by atoms with E-state index in [2.05, 4.69) is 30.1 Å². The van der Waals surface area contributed by atoms with Crippen LogP contribution in [0.25, 0.3) is 0 Å². The van der Waals surface area contributed by atoms with Gasteiger partial charge in [0.1, 0.15) is 5.75 Å². The molecule has 2 N–H and O–H groups in total. The van der Waals surface area contributed by atoms with E-state index in [9.17, 15) is 5.11 Å². The molecule has 1 aromatic rings. The Hall–Kier alpha value is -1.22. The Labute approximate surface area is 116 Å². The molecule has 0 bridgehead atoms. The molecular formula is C16H26N2O. The van der Waals surface area contributed by atoms with Crippen molar-refractivity contribution in [2.75, 3.05) is 18.5 Å². The third kappa shape index (κ3) is 3.41. The summed E-state index contributed by atoms with van der Waals surface area (Å²) < 4.78 is 0. The van der Waals surface area contributed by atoms with Gasteiger partial charge in [0.2, 0.25) is 0 Å². The molecule has 0 amide bonds. The van der Waals surface area contributed by atoms with Gasteiger partial charge in [-0.15, -0.1) is 0 Å². The number of rotatable bonds is 7. The first kappa shape index (κ1) is 14.2. The highest BCUT2D eigenvalue weighted by Crippen LogP contribution is 2.35. The fraction of sp³-hybridized carbons (Fsp3) is 0.625. The summed E-state index contributed by atoms with van der Waals surface area (Å²) >= 11 is 0. The van der Waals surface area contributed by atoms with Crippen LogP contribution in [0, 0.1) is 0 Å². The molecule has 0 saturated heterocycles. The predicted molar refractivity (Wildman–Crippen MR) is 80.9 cm³/mol. The molecule has 0 radical (unpaired) electrons. The van der Waals surface area contributed by atoms with Gasteiger partial charge in [0.05, 0.1) is 0 Å². The second kappa shape index (κ2) is 6.29. The number of phenols is 1. The summed E-state index contributed by atoms with van der Waals surface area (Å²) in [5.41, 5.74) is 2.14. The molecule has 1 aliphatic carbocycles. The summed E-state index contributed by atoms with van der Waals surface area (Å²) in [7, 11) is 1.91. The highest BCUT2D eigenvalue weighted by molar-refractivity contribution is 5.55. The van der Waals surface area contributed by atoms with Crippen molar-refractivity contribution in [1.29, 1.82) is 0 Å². The van der Waals surface area contributed by atoms with Crippen LogP contribution < -0.4 is 10.2 Å². The number of anilines is 1. The molecule has 0 spiro atoms. The quantitative estimate of drug-likeness (QED) is 0.790. The summed E-state index contributed by atoms with van der Waals surface area (Å²) in [5.74, 6) is 0.404. The summed E-state index contributed by atoms with van der Waals surface area (Å²) in [6.45, 7) is 5.38. The Balaban J connectivity index is 2.16.